The largest absolute Gasteiger partial charge is 0.284 e. The summed E-state index contributed by atoms with van der Waals surface area (Å²) < 4.78 is 1.28. The van der Waals surface area contributed by atoms with Crippen LogP contribution in [0.2, 0.25) is 0 Å². The summed E-state index contributed by atoms with van der Waals surface area (Å²) in [4.78, 5) is 10.3. The zero-order valence-electron chi connectivity index (χ0n) is 4.28. The van der Waals surface area contributed by atoms with Crippen LogP contribution in [0.25, 0.3) is 0 Å². The van der Waals surface area contributed by atoms with Gasteiger partial charge in [-0.05, 0) is 10.5 Å². The maximum Gasteiger partial charge on any atom is 0.205 e. The highest BCUT2D eigenvalue weighted by molar-refractivity contribution is 14.2. The second kappa shape index (κ2) is 4.30. The molecule has 0 saturated carbocycles. The van der Waals surface area contributed by atoms with Gasteiger partial charge >= 0.3 is 0 Å². The van der Waals surface area contributed by atoms with Gasteiger partial charge in [-0.15, -0.1) is 0 Å². The van der Waals surface area contributed by atoms with Gasteiger partial charge in [0.1, 0.15) is 0 Å². The Morgan fingerprint density at radius 2 is 2.57 bits per heavy atom. The molecule has 0 fully saturated rings. The third-order valence-electron chi connectivity index (χ3n) is 0.426. The van der Waals surface area contributed by atoms with Crippen molar-refractivity contribution in [1.29, 1.82) is 0 Å². The molecule has 0 aromatic heterocycles. The second-order valence-corrected chi connectivity index (χ2v) is 4.26. The summed E-state index contributed by atoms with van der Waals surface area (Å²) in [6, 6.07) is 0. The molecular formula is C5H8IO. The Bertz CT molecular complexity index is 78.1. The predicted octanol–water partition coefficient (Wildman–Crippen LogP) is 1.69. The van der Waals surface area contributed by atoms with Gasteiger partial charge in [0.05, 0.1) is 0 Å². The molecule has 0 N–H and O–H groups in total. The standard InChI is InChI=1S/C5H8IO/c1-3-5(7)6-4-2/h3H,1,4H2,2H3. The normalized spacial score (nSPS) is 8.14. The summed E-state index contributed by atoms with van der Waals surface area (Å²) in [6.07, 6.45) is 1.41. The molecule has 0 bridgehead atoms. The SMILES string of the molecule is C=CC(=O)[I]CC. The lowest BCUT2D eigenvalue weighted by atomic mass is 10.8. The highest BCUT2D eigenvalue weighted by Gasteiger charge is 1.88. The van der Waals surface area contributed by atoms with E-state index < -0.39 is 0 Å². The summed E-state index contributed by atoms with van der Waals surface area (Å²) in [5, 5.41) is 0. The molecule has 0 saturated heterocycles. The van der Waals surface area contributed by atoms with Crippen molar-refractivity contribution in [2.75, 3.05) is 4.43 Å². The van der Waals surface area contributed by atoms with E-state index in [2.05, 4.69) is 6.58 Å². The predicted molar refractivity (Wildman–Crippen MR) is 39.8 cm³/mol. The van der Waals surface area contributed by atoms with Gasteiger partial charge in [-0.2, -0.15) is 0 Å². The van der Waals surface area contributed by atoms with E-state index in [0.29, 0.717) is 0 Å². The van der Waals surface area contributed by atoms with Crippen LogP contribution in [0, 0.1) is 0 Å². The van der Waals surface area contributed by atoms with Crippen molar-refractivity contribution in [3.05, 3.63) is 12.7 Å². The third-order valence-corrected chi connectivity index (χ3v) is 2.38. The molecule has 41 valence electrons. The molecule has 7 heavy (non-hydrogen) atoms. The average molecular weight is 211 g/mol. The lowest BCUT2D eigenvalue weighted by Gasteiger charge is -1.82. The van der Waals surface area contributed by atoms with E-state index in [1.54, 1.807) is 0 Å². The number of hydrogen-bond acceptors (Lipinski definition) is 1. The maximum absolute atomic E-state index is 10.3. The number of rotatable bonds is 3. The Hall–Kier alpha value is 0.140. The van der Waals surface area contributed by atoms with Crippen LogP contribution in [0.4, 0.5) is 0 Å². The van der Waals surface area contributed by atoms with Crippen LogP contribution in [-0.2, 0) is 4.79 Å². The van der Waals surface area contributed by atoms with Crippen molar-refractivity contribution in [2.45, 2.75) is 6.92 Å². The van der Waals surface area contributed by atoms with Crippen molar-refractivity contribution in [2.24, 2.45) is 0 Å². The van der Waals surface area contributed by atoms with Crippen LogP contribution < -0.4 is 0 Å². The average Bonchev–Trinajstić information content (AvgIpc) is 1.68. The second-order valence-electron chi connectivity index (χ2n) is 0.909. The van der Waals surface area contributed by atoms with Crippen molar-refractivity contribution >= 4 is 25.0 Å². The lowest BCUT2D eigenvalue weighted by molar-refractivity contribution is -0.105. The van der Waals surface area contributed by atoms with Crippen molar-refractivity contribution in [1.82, 2.24) is 0 Å². The highest BCUT2D eigenvalue weighted by atomic mass is 127. The molecule has 0 aliphatic carbocycles. The lowest BCUT2D eigenvalue weighted by Crippen LogP contribution is -1.77. The Balaban J connectivity index is 3.17. The number of alkyl halides is 1. The van der Waals surface area contributed by atoms with Gasteiger partial charge in [0.15, 0.2) is 0 Å². The molecule has 0 spiro atoms. The topological polar surface area (TPSA) is 17.1 Å². The fraction of sp³-hybridized carbons (Fsp3) is 0.400. The van der Waals surface area contributed by atoms with E-state index in [0.717, 1.165) is 4.43 Å². The highest BCUT2D eigenvalue weighted by Crippen LogP contribution is 2.09. The minimum atomic E-state index is -0.192. The van der Waals surface area contributed by atoms with Gasteiger partial charge in [-0.3, -0.25) is 4.79 Å². The smallest absolute Gasteiger partial charge is 0.205 e. The monoisotopic (exact) mass is 211 g/mol. The van der Waals surface area contributed by atoms with Crippen LogP contribution >= 0.6 is 21.2 Å². The van der Waals surface area contributed by atoms with Crippen LogP contribution in [-0.4, -0.2) is 8.22 Å². The molecule has 0 aromatic carbocycles. The Labute approximate surface area is 54.1 Å². The Morgan fingerprint density at radius 1 is 2.00 bits per heavy atom. The van der Waals surface area contributed by atoms with E-state index in [9.17, 15) is 4.79 Å². The first-order chi connectivity index (χ1) is 3.31. The van der Waals surface area contributed by atoms with Gasteiger partial charge in [-0.1, -0.05) is 34.7 Å². The molecule has 0 aromatic rings. The quantitative estimate of drug-likeness (QED) is 0.300. The molecule has 0 aliphatic rings. The molecule has 2 heteroatoms. The van der Waals surface area contributed by atoms with E-state index in [1.165, 1.54) is 6.08 Å². The van der Waals surface area contributed by atoms with Crippen LogP contribution in [0.5, 0.6) is 0 Å². The van der Waals surface area contributed by atoms with E-state index >= 15 is 0 Å². The first-order valence-corrected chi connectivity index (χ1v) is 4.67. The van der Waals surface area contributed by atoms with Crippen LogP contribution in [0.15, 0.2) is 12.7 Å². The molecule has 0 aliphatic heterocycles. The molecular weight excluding hydrogens is 203 g/mol. The van der Waals surface area contributed by atoms with Crippen LogP contribution in [0.3, 0.4) is 0 Å². The minimum absolute atomic E-state index is 0.192. The molecule has 0 unspecified atom stereocenters. The fourth-order valence-electron chi connectivity index (χ4n) is 0.186. The molecule has 1 nitrogen and oxygen atoms in total. The molecule has 0 rings (SSSR count). The first-order valence-electron chi connectivity index (χ1n) is 2.06. The van der Waals surface area contributed by atoms with Crippen LogP contribution in [0.1, 0.15) is 6.92 Å². The number of halogens is 1. The summed E-state index contributed by atoms with van der Waals surface area (Å²) in [5.41, 5.74) is 0. The van der Waals surface area contributed by atoms with E-state index in [1.807, 2.05) is 6.92 Å². The molecule has 0 amide bonds. The summed E-state index contributed by atoms with van der Waals surface area (Å²) in [6.45, 7) is 5.38. The van der Waals surface area contributed by atoms with E-state index in [4.69, 9.17) is 0 Å². The van der Waals surface area contributed by atoms with Gasteiger partial charge in [-0.25, -0.2) is 0 Å². The summed E-state index contributed by atoms with van der Waals surface area (Å²) >= 11 is -0.192. The first kappa shape index (κ1) is 7.14. The molecule has 1 radical (unpaired) electrons. The van der Waals surface area contributed by atoms with Crippen molar-refractivity contribution < 1.29 is 4.79 Å². The molecule has 0 atom stereocenters. The number of hydrogen-bond donors (Lipinski definition) is 0. The van der Waals surface area contributed by atoms with Gasteiger partial charge < -0.3 is 0 Å². The molecule has 0 heterocycles. The summed E-state index contributed by atoms with van der Waals surface area (Å²) in [7, 11) is 0. The Morgan fingerprint density at radius 3 is 2.71 bits per heavy atom. The van der Waals surface area contributed by atoms with Gasteiger partial charge in [0.25, 0.3) is 0 Å². The zero-order chi connectivity index (χ0) is 5.70. The maximum atomic E-state index is 10.3. The minimum Gasteiger partial charge on any atom is -0.284 e. The van der Waals surface area contributed by atoms with Crippen molar-refractivity contribution in [3.63, 3.8) is 0 Å². The van der Waals surface area contributed by atoms with E-state index in [-0.39, 0.29) is 25.0 Å². The fourth-order valence-corrected chi connectivity index (χ4v) is 1.25. The van der Waals surface area contributed by atoms with Gasteiger partial charge in [0, 0.05) is 0 Å². The Kier molecular flexibility index (Phi) is 4.39. The number of carbonyl (C=O) groups excluding carboxylic acids is 1. The zero-order valence-corrected chi connectivity index (χ0v) is 6.44. The number of carbonyl (C=O) groups is 1. The van der Waals surface area contributed by atoms with Gasteiger partial charge in [0.2, 0.25) is 3.79 Å². The van der Waals surface area contributed by atoms with Crippen molar-refractivity contribution in [3.8, 4) is 0 Å². The summed E-state index contributed by atoms with van der Waals surface area (Å²) in [5.74, 6) is 0. The number of allylic oxidation sites excluding steroid dienone is 1. The third kappa shape index (κ3) is 3.98.